The van der Waals surface area contributed by atoms with Crippen molar-refractivity contribution in [1.82, 2.24) is 15.6 Å². The van der Waals surface area contributed by atoms with Gasteiger partial charge in [0.2, 0.25) is 0 Å². The van der Waals surface area contributed by atoms with E-state index in [1.54, 1.807) is 24.5 Å². The van der Waals surface area contributed by atoms with E-state index >= 15 is 0 Å². The van der Waals surface area contributed by atoms with Crippen LogP contribution < -0.4 is 10.6 Å². The van der Waals surface area contributed by atoms with E-state index in [0.717, 1.165) is 5.56 Å². The lowest BCUT2D eigenvalue weighted by Gasteiger charge is -2.25. The maximum absolute atomic E-state index is 11.8. The standard InChI is InChI=1S/C16H21N3O3/c1-16(2,12-5-7-17-8-6-12)11-19-15(21)18-10-13(20)14-4-3-9-22-14/h3-9,13,20H,10-11H2,1-2H3,(H2,18,19,21). The maximum Gasteiger partial charge on any atom is 0.314 e. The first-order valence-electron chi connectivity index (χ1n) is 7.13. The van der Waals surface area contributed by atoms with Gasteiger partial charge in [0.15, 0.2) is 0 Å². The number of furan rings is 1. The van der Waals surface area contributed by atoms with Crippen LogP contribution in [0, 0.1) is 0 Å². The summed E-state index contributed by atoms with van der Waals surface area (Å²) in [5.41, 5.74) is 0.887. The van der Waals surface area contributed by atoms with Crippen LogP contribution >= 0.6 is 0 Å². The molecule has 118 valence electrons. The summed E-state index contributed by atoms with van der Waals surface area (Å²) < 4.78 is 5.07. The smallest absolute Gasteiger partial charge is 0.314 e. The molecule has 2 heterocycles. The minimum atomic E-state index is -0.853. The van der Waals surface area contributed by atoms with Crippen molar-refractivity contribution in [2.75, 3.05) is 13.1 Å². The van der Waals surface area contributed by atoms with Gasteiger partial charge in [-0.15, -0.1) is 0 Å². The number of aliphatic hydroxyl groups is 1. The quantitative estimate of drug-likeness (QED) is 0.761. The Hall–Kier alpha value is -2.34. The summed E-state index contributed by atoms with van der Waals surface area (Å²) >= 11 is 0. The van der Waals surface area contributed by atoms with E-state index in [1.807, 2.05) is 26.0 Å². The first kappa shape index (κ1) is 16.0. The number of pyridine rings is 1. The maximum atomic E-state index is 11.8. The monoisotopic (exact) mass is 303 g/mol. The van der Waals surface area contributed by atoms with Gasteiger partial charge < -0.3 is 20.2 Å². The van der Waals surface area contributed by atoms with Gasteiger partial charge in [0.1, 0.15) is 11.9 Å². The Morgan fingerprint density at radius 3 is 2.68 bits per heavy atom. The van der Waals surface area contributed by atoms with Gasteiger partial charge in [-0.1, -0.05) is 13.8 Å². The normalized spacial score (nSPS) is 12.7. The van der Waals surface area contributed by atoms with E-state index in [1.165, 1.54) is 6.26 Å². The van der Waals surface area contributed by atoms with Crippen molar-refractivity contribution >= 4 is 6.03 Å². The second-order valence-electron chi connectivity index (χ2n) is 5.71. The molecule has 0 fully saturated rings. The van der Waals surface area contributed by atoms with Crippen molar-refractivity contribution in [1.29, 1.82) is 0 Å². The highest BCUT2D eigenvalue weighted by molar-refractivity contribution is 5.74. The SMILES string of the molecule is CC(C)(CNC(=O)NCC(O)c1ccco1)c1ccncc1. The number of rotatable bonds is 6. The Labute approximate surface area is 129 Å². The second kappa shape index (κ2) is 7.09. The minimum Gasteiger partial charge on any atom is -0.467 e. The third-order valence-electron chi connectivity index (χ3n) is 3.48. The molecule has 2 aromatic heterocycles. The Morgan fingerprint density at radius 1 is 1.32 bits per heavy atom. The Bertz CT molecular complexity index is 582. The number of nitrogens with zero attached hydrogens (tertiary/aromatic N) is 1. The average Bonchev–Trinajstić information content (AvgIpc) is 3.06. The van der Waals surface area contributed by atoms with E-state index in [4.69, 9.17) is 4.42 Å². The van der Waals surface area contributed by atoms with Crippen LogP contribution in [-0.4, -0.2) is 29.2 Å². The topological polar surface area (TPSA) is 87.4 Å². The lowest BCUT2D eigenvalue weighted by molar-refractivity contribution is 0.147. The third-order valence-corrected chi connectivity index (χ3v) is 3.48. The molecule has 0 radical (unpaired) electrons. The summed E-state index contributed by atoms with van der Waals surface area (Å²) in [7, 11) is 0. The fourth-order valence-electron chi connectivity index (χ4n) is 2.04. The van der Waals surface area contributed by atoms with Crippen LogP contribution in [0.2, 0.25) is 0 Å². The molecule has 0 bridgehead atoms. The average molecular weight is 303 g/mol. The highest BCUT2D eigenvalue weighted by Gasteiger charge is 2.21. The van der Waals surface area contributed by atoms with Gasteiger partial charge in [0.05, 0.1) is 12.8 Å². The molecule has 0 aliphatic rings. The summed E-state index contributed by atoms with van der Waals surface area (Å²) in [5, 5.41) is 15.3. The van der Waals surface area contributed by atoms with Crippen LogP contribution in [0.25, 0.3) is 0 Å². The first-order valence-corrected chi connectivity index (χ1v) is 7.13. The molecule has 0 aliphatic heterocycles. The van der Waals surface area contributed by atoms with E-state index in [0.29, 0.717) is 12.3 Å². The number of urea groups is 1. The summed E-state index contributed by atoms with van der Waals surface area (Å²) in [6.07, 6.45) is 4.10. The van der Waals surface area contributed by atoms with Gasteiger partial charge >= 0.3 is 6.03 Å². The van der Waals surface area contributed by atoms with Crippen LogP contribution in [0.5, 0.6) is 0 Å². The molecule has 0 saturated carbocycles. The van der Waals surface area contributed by atoms with Gasteiger partial charge in [-0.25, -0.2) is 4.79 Å². The summed E-state index contributed by atoms with van der Waals surface area (Å²) in [4.78, 5) is 15.8. The van der Waals surface area contributed by atoms with Crippen LogP contribution in [0.15, 0.2) is 47.3 Å². The van der Waals surface area contributed by atoms with Gasteiger partial charge in [-0.3, -0.25) is 4.98 Å². The highest BCUT2D eigenvalue weighted by atomic mass is 16.4. The fourth-order valence-corrected chi connectivity index (χ4v) is 2.04. The molecular weight excluding hydrogens is 282 g/mol. The molecule has 6 heteroatoms. The zero-order chi connectivity index (χ0) is 16.0. The van der Waals surface area contributed by atoms with Crippen LogP contribution in [0.3, 0.4) is 0 Å². The van der Waals surface area contributed by atoms with Crippen molar-refractivity contribution < 1.29 is 14.3 Å². The molecule has 2 amide bonds. The van der Waals surface area contributed by atoms with E-state index in [2.05, 4.69) is 15.6 Å². The van der Waals surface area contributed by atoms with Gasteiger partial charge in [0, 0.05) is 24.4 Å². The third kappa shape index (κ3) is 4.33. The van der Waals surface area contributed by atoms with Crippen LogP contribution in [0.1, 0.15) is 31.3 Å². The predicted octanol–water partition coefficient (Wildman–Crippen LogP) is 1.98. The highest BCUT2D eigenvalue weighted by Crippen LogP contribution is 2.21. The molecule has 0 saturated heterocycles. The second-order valence-corrected chi connectivity index (χ2v) is 5.71. The van der Waals surface area contributed by atoms with Crippen molar-refractivity contribution in [2.45, 2.75) is 25.4 Å². The molecule has 0 aliphatic carbocycles. The Kier molecular flexibility index (Phi) is 5.16. The van der Waals surface area contributed by atoms with E-state index in [-0.39, 0.29) is 18.0 Å². The molecule has 3 N–H and O–H groups in total. The van der Waals surface area contributed by atoms with E-state index in [9.17, 15) is 9.90 Å². The summed E-state index contributed by atoms with van der Waals surface area (Å²) in [5.74, 6) is 0.428. The lowest BCUT2D eigenvalue weighted by atomic mass is 9.85. The van der Waals surface area contributed by atoms with Crippen LogP contribution in [0.4, 0.5) is 4.79 Å². The zero-order valence-electron chi connectivity index (χ0n) is 12.7. The molecule has 2 rings (SSSR count). The van der Waals surface area contributed by atoms with Gasteiger partial charge in [-0.2, -0.15) is 0 Å². The molecule has 6 nitrogen and oxygen atoms in total. The molecule has 1 atom stereocenters. The minimum absolute atomic E-state index is 0.0923. The number of carbonyl (C=O) groups excluding carboxylic acids is 1. The molecule has 22 heavy (non-hydrogen) atoms. The van der Waals surface area contributed by atoms with Crippen LogP contribution in [-0.2, 0) is 5.41 Å². The zero-order valence-corrected chi connectivity index (χ0v) is 12.7. The largest absolute Gasteiger partial charge is 0.467 e. The summed E-state index contributed by atoms with van der Waals surface area (Å²) in [6.45, 7) is 4.65. The Balaban J connectivity index is 1.78. The number of aromatic nitrogens is 1. The van der Waals surface area contributed by atoms with Crippen molar-refractivity contribution in [3.63, 3.8) is 0 Å². The number of hydrogen-bond acceptors (Lipinski definition) is 4. The van der Waals surface area contributed by atoms with Gasteiger partial charge in [0.25, 0.3) is 0 Å². The molecule has 2 aromatic rings. The predicted molar refractivity (Wildman–Crippen MR) is 82.3 cm³/mol. The molecule has 0 aromatic carbocycles. The number of hydrogen-bond donors (Lipinski definition) is 3. The van der Waals surface area contributed by atoms with Crippen molar-refractivity contribution in [3.8, 4) is 0 Å². The molecule has 0 spiro atoms. The number of carbonyl (C=O) groups is 1. The lowest BCUT2D eigenvalue weighted by Crippen LogP contribution is -2.43. The first-order chi connectivity index (χ1) is 10.5. The number of amides is 2. The Morgan fingerprint density at radius 2 is 2.05 bits per heavy atom. The number of aliphatic hydroxyl groups excluding tert-OH is 1. The fraction of sp³-hybridized carbons (Fsp3) is 0.375. The number of nitrogens with one attached hydrogen (secondary N) is 2. The molecular formula is C16H21N3O3. The molecule has 1 unspecified atom stereocenters. The summed E-state index contributed by atoms with van der Waals surface area (Å²) in [6, 6.07) is 6.89. The van der Waals surface area contributed by atoms with Crippen molar-refractivity contribution in [3.05, 3.63) is 54.2 Å². The van der Waals surface area contributed by atoms with Crippen molar-refractivity contribution in [2.24, 2.45) is 0 Å². The van der Waals surface area contributed by atoms with Gasteiger partial charge in [-0.05, 0) is 29.8 Å². The van der Waals surface area contributed by atoms with E-state index < -0.39 is 6.10 Å².